The van der Waals surface area contributed by atoms with Gasteiger partial charge in [0, 0.05) is 60.5 Å². The summed E-state index contributed by atoms with van der Waals surface area (Å²) in [7, 11) is 0. The van der Waals surface area contributed by atoms with E-state index in [9.17, 15) is 9.18 Å². The standard InChI is InChI=1S/C37H35ClF2N8O2/c1-23-41-14-12-26(43-23)10-11-30(49)46-15-5-16-47(22-46)35-28-19-42-33(27-8-2-6-24-7-3-9-29(38)31(24)27)32(40)34(28)44-36(45-35)50-21-37-13-4-17-48(37)20-25(39)18-37/h2-3,6-12,14,19,25H,4-5,13,15-18,20-22H2,1H3/b11-10+/t25-,37+/m1/s1. The fourth-order valence-corrected chi connectivity index (χ4v) is 7.92. The largest absolute Gasteiger partial charge is 0.461 e. The summed E-state index contributed by atoms with van der Waals surface area (Å²) in [4.78, 5) is 41.6. The highest BCUT2D eigenvalue weighted by Gasteiger charge is 2.49. The monoisotopic (exact) mass is 696 g/mol. The Morgan fingerprint density at radius 3 is 2.80 bits per heavy atom. The van der Waals surface area contributed by atoms with Gasteiger partial charge in [0.15, 0.2) is 5.82 Å². The van der Waals surface area contributed by atoms with E-state index < -0.39 is 17.5 Å². The average molecular weight is 697 g/mol. The molecule has 0 aliphatic carbocycles. The maximum absolute atomic E-state index is 16.8. The van der Waals surface area contributed by atoms with Gasteiger partial charge >= 0.3 is 6.01 Å². The Kier molecular flexibility index (Phi) is 8.52. The van der Waals surface area contributed by atoms with Crippen molar-refractivity contribution in [2.75, 3.05) is 44.4 Å². The van der Waals surface area contributed by atoms with Crippen molar-refractivity contribution in [2.45, 2.75) is 44.3 Å². The van der Waals surface area contributed by atoms with Crippen LogP contribution in [-0.4, -0.2) is 91.8 Å². The molecule has 3 fully saturated rings. The highest BCUT2D eigenvalue weighted by atomic mass is 35.5. The van der Waals surface area contributed by atoms with Gasteiger partial charge in [-0.2, -0.15) is 9.97 Å². The van der Waals surface area contributed by atoms with Crippen LogP contribution in [0.25, 0.3) is 39.0 Å². The van der Waals surface area contributed by atoms with Gasteiger partial charge < -0.3 is 14.5 Å². The van der Waals surface area contributed by atoms with Crippen LogP contribution in [0.3, 0.4) is 0 Å². The zero-order valence-corrected chi connectivity index (χ0v) is 28.3. The van der Waals surface area contributed by atoms with E-state index in [1.807, 2.05) is 29.2 Å². The lowest BCUT2D eigenvalue weighted by atomic mass is 9.95. The molecule has 50 heavy (non-hydrogen) atoms. The van der Waals surface area contributed by atoms with Crippen LogP contribution in [0.2, 0.25) is 5.02 Å². The number of aryl methyl sites for hydroxylation is 1. The number of halogens is 3. The van der Waals surface area contributed by atoms with Gasteiger partial charge in [-0.1, -0.05) is 41.9 Å². The lowest BCUT2D eigenvalue weighted by molar-refractivity contribution is -0.126. The van der Waals surface area contributed by atoms with E-state index in [1.54, 1.807) is 48.5 Å². The van der Waals surface area contributed by atoms with E-state index in [2.05, 4.69) is 24.8 Å². The molecule has 0 N–H and O–H groups in total. The third kappa shape index (κ3) is 6.00. The van der Waals surface area contributed by atoms with Gasteiger partial charge in [0.2, 0.25) is 5.91 Å². The Balaban J connectivity index is 1.17. The van der Waals surface area contributed by atoms with E-state index in [0.29, 0.717) is 71.2 Å². The first kappa shape index (κ1) is 32.4. The summed E-state index contributed by atoms with van der Waals surface area (Å²) in [6.45, 7) is 4.49. The second kappa shape index (κ2) is 13.1. The van der Waals surface area contributed by atoms with Crippen molar-refractivity contribution in [2.24, 2.45) is 0 Å². The number of carbonyl (C=O) groups is 1. The quantitative estimate of drug-likeness (QED) is 0.179. The van der Waals surface area contributed by atoms with E-state index in [1.165, 1.54) is 6.08 Å². The molecule has 2 atom stereocenters. The molecular weight excluding hydrogens is 662 g/mol. The van der Waals surface area contributed by atoms with Gasteiger partial charge in [0.05, 0.1) is 23.3 Å². The highest BCUT2D eigenvalue weighted by molar-refractivity contribution is 6.36. The summed E-state index contributed by atoms with van der Waals surface area (Å²) >= 11 is 6.62. The van der Waals surface area contributed by atoms with Crippen molar-refractivity contribution >= 4 is 51.1 Å². The maximum atomic E-state index is 16.8. The minimum atomic E-state index is -0.921. The molecule has 0 unspecified atom stereocenters. The number of hydrogen-bond donors (Lipinski definition) is 0. The number of benzene rings is 2. The van der Waals surface area contributed by atoms with Crippen LogP contribution in [0.1, 0.15) is 37.2 Å². The molecule has 0 spiro atoms. The third-order valence-corrected chi connectivity index (χ3v) is 10.3. The summed E-state index contributed by atoms with van der Waals surface area (Å²) in [5.74, 6) is 0.189. The number of carbonyl (C=O) groups excluding carboxylic acids is 1. The molecule has 256 valence electrons. The zero-order valence-electron chi connectivity index (χ0n) is 27.5. The van der Waals surface area contributed by atoms with E-state index in [0.717, 1.165) is 24.8 Å². The molecule has 0 radical (unpaired) electrons. The Morgan fingerprint density at radius 1 is 1.08 bits per heavy atom. The smallest absolute Gasteiger partial charge is 0.319 e. The van der Waals surface area contributed by atoms with Crippen LogP contribution < -0.4 is 9.64 Å². The molecule has 0 saturated carbocycles. The van der Waals surface area contributed by atoms with Gasteiger partial charge in [0.25, 0.3) is 0 Å². The Labute approximate surface area is 292 Å². The van der Waals surface area contributed by atoms with Crippen molar-refractivity contribution in [1.82, 2.24) is 34.7 Å². The van der Waals surface area contributed by atoms with E-state index in [-0.39, 0.29) is 36.4 Å². The van der Waals surface area contributed by atoms with Crippen LogP contribution in [0.5, 0.6) is 6.01 Å². The minimum Gasteiger partial charge on any atom is -0.461 e. The number of alkyl halides is 1. The Hall–Kier alpha value is -4.81. The van der Waals surface area contributed by atoms with Crippen LogP contribution in [0.15, 0.2) is 60.9 Å². The molecule has 3 saturated heterocycles. The number of pyridine rings is 1. The predicted molar refractivity (Wildman–Crippen MR) is 188 cm³/mol. The fraction of sp³-hybridized carbons (Fsp3) is 0.351. The lowest BCUT2D eigenvalue weighted by Crippen LogP contribution is -2.47. The molecule has 6 heterocycles. The molecule has 8 rings (SSSR count). The van der Waals surface area contributed by atoms with E-state index >= 15 is 4.39 Å². The number of rotatable bonds is 7. The first-order valence-corrected chi connectivity index (χ1v) is 17.2. The van der Waals surface area contributed by atoms with Crippen LogP contribution in [-0.2, 0) is 4.79 Å². The van der Waals surface area contributed by atoms with Gasteiger partial charge in [0.1, 0.15) is 35.6 Å². The topological polar surface area (TPSA) is 100 Å². The summed E-state index contributed by atoms with van der Waals surface area (Å²) in [5.41, 5.74) is 0.870. The summed E-state index contributed by atoms with van der Waals surface area (Å²) in [6, 6.07) is 12.8. The Morgan fingerprint density at radius 2 is 1.94 bits per heavy atom. The van der Waals surface area contributed by atoms with Gasteiger partial charge in [-0.3, -0.25) is 14.7 Å². The third-order valence-electron chi connectivity index (χ3n) is 9.99. The number of fused-ring (bicyclic) bond motifs is 3. The second-order valence-corrected chi connectivity index (χ2v) is 13.6. The number of nitrogens with zero attached hydrogens (tertiary/aromatic N) is 8. The predicted octanol–water partition coefficient (Wildman–Crippen LogP) is 6.40. The summed E-state index contributed by atoms with van der Waals surface area (Å²) in [5, 5.41) is 2.41. The summed E-state index contributed by atoms with van der Waals surface area (Å²) < 4.78 is 37.7. The van der Waals surface area contributed by atoms with Gasteiger partial charge in [-0.05, 0) is 56.3 Å². The van der Waals surface area contributed by atoms with Crippen LogP contribution in [0.4, 0.5) is 14.6 Å². The number of ether oxygens (including phenoxy) is 1. The minimum absolute atomic E-state index is 0.00878. The lowest BCUT2D eigenvalue weighted by Gasteiger charge is -2.36. The van der Waals surface area contributed by atoms with Crippen molar-refractivity contribution in [1.29, 1.82) is 0 Å². The number of anilines is 1. The maximum Gasteiger partial charge on any atom is 0.319 e. The van der Waals surface area contributed by atoms with Crippen molar-refractivity contribution < 1.29 is 18.3 Å². The van der Waals surface area contributed by atoms with Gasteiger partial charge in [-0.25, -0.2) is 18.7 Å². The van der Waals surface area contributed by atoms with Gasteiger partial charge in [-0.15, -0.1) is 0 Å². The fourth-order valence-electron chi connectivity index (χ4n) is 7.64. The number of hydrogen-bond acceptors (Lipinski definition) is 9. The number of amides is 1. The highest BCUT2D eigenvalue weighted by Crippen LogP contribution is 2.41. The molecule has 5 aromatic rings. The first-order valence-electron chi connectivity index (χ1n) is 16.9. The number of aromatic nitrogens is 5. The van der Waals surface area contributed by atoms with E-state index in [4.69, 9.17) is 21.3 Å². The molecule has 0 bridgehead atoms. The molecule has 3 aromatic heterocycles. The van der Waals surface area contributed by atoms with Crippen LogP contribution >= 0.6 is 11.6 Å². The van der Waals surface area contributed by atoms with Crippen molar-refractivity contribution in [3.8, 4) is 17.3 Å². The molecule has 13 heteroatoms. The molecule has 10 nitrogen and oxygen atoms in total. The molecule has 2 aromatic carbocycles. The molecule has 3 aliphatic rings. The SMILES string of the molecule is Cc1nccc(/C=C/C(=O)N2CCCN(c3nc(OC[C@@]45CCCN4C[C@H](F)C5)nc4c(F)c(-c5cccc6cccc(Cl)c56)ncc34)C2)n1. The van der Waals surface area contributed by atoms with Crippen molar-refractivity contribution in [3.63, 3.8) is 0 Å². The van der Waals surface area contributed by atoms with Crippen LogP contribution in [0, 0.1) is 12.7 Å². The molecule has 3 aliphatic heterocycles. The average Bonchev–Trinajstić information content (AvgIpc) is 3.65. The normalized spacial score (nSPS) is 21.1. The molecular formula is C37H35ClF2N8O2. The van der Waals surface area contributed by atoms with Crippen molar-refractivity contribution in [3.05, 3.63) is 83.3 Å². The summed E-state index contributed by atoms with van der Waals surface area (Å²) in [6.07, 6.45) is 8.26. The second-order valence-electron chi connectivity index (χ2n) is 13.2. The zero-order chi connectivity index (χ0) is 34.4. The molecule has 1 amide bonds. The Bertz CT molecular complexity index is 2150. The first-order chi connectivity index (χ1) is 24.3.